The van der Waals surface area contributed by atoms with E-state index < -0.39 is 0 Å². The van der Waals surface area contributed by atoms with Gasteiger partial charge < -0.3 is 14.2 Å². The Balaban J connectivity index is 1.98. The SMILES string of the molecule is COc1ccc(/C(C)=N\NC(=O)COc2ccccc2C)c(OC)c1. The number of methoxy groups -OCH3 is 2. The number of nitrogens with zero attached hydrogens (tertiary/aromatic N) is 1. The third-order valence-corrected chi connectivity index (χ3v) is 3.60. The highest BCUT2D eigenvalue weighted by molar-refractivity contribution is 6.01. The van der Waals surface area contributed by atoms with Crippen molar-refractivity contribution in [3.63, 3.8) is 0 Å². The van der Waals surface area contributed by atoms with Gasteiger partial charge in [0.2, 0.25) is 0 Å². The van der Waals surface area contributed by atoms with Crippen molar-refractivity contribution in [2.75, 3.05) is 20.8 Å². The molecule has 0 saturated carbocycles. The number of hydrogen-bond acceptors (Lipinski definition) is 5. The molecule has 0 heterocycles. The Labute approximate surface area is 147 Å². The van der Waals surface area contributed by atoms with Crippen LogP contribution in [0.5, 0.6) is 17.2 Å². The molecule has 6 nitrogen and oxygen atoms in total. The lowest BCUT2D eigenvalue weighted by Crippen LogP contribution is -2.25. The molecule has 2 rings (SSSR count). The maximum absolute atomic E-state index is 11.9. The molecule has 2 aromatic carbocycles. The fourth-order valence-electron chi connectivity index (χ4n) is 2.20. The Morgan fingerprint density at radius 1 is 1.08 bits per heavy atom. The summed E-state index contributed by atoms with van der Waals surface area (Å²) in [4.78, 5) is 11.9. The van der Waals surface area contributed by atoms with Crippen LogP contribution in [0, 0.1) is 6.92 Å². The number of benzene rings is 2. The Morgan fingerprint density at radius 2 is 1.84 bits per heavy atom. The van der Waals surface area contributed by atoms with Crippen LogP contribution in [0.3, 0.4) is 0 Å². The topological polar surface area (TPSA) is 69.2 Å². The van der Waals surface area contributed by atoms with Gasteiger partial charge in [-0.25, -0.2) is 5.43 Å². The van der Waals surface area contributed by atoms with E-state index in [4.69, 9.17) is 14.2 Å². The maximum atomic E-state index is 11.9. The molecule has 0 aliphatic heterocycles. The predicted molar refractivity (Wildman–Crippen MR) is 96.6 cm³/mol. The zero-order valence-corrected chi connectivity index (χ0v) is 14.8. The number of rotatable bonds is 7. The fourth-order valence-corrected chi connectivity index (χ4v) is 2.20. The lowest BCUT2D eigenvalue weighted by molar-refractivity contribution is -0.123. The minimum atomic E-state index is -0.338. The third kappa shape index (κ3) is 4.97. The summed E-state index contributed by atoms with van der Waals surface area (Å²) in [6.07, 6.45) is 0. The zero-order chi connectivity index (χ0) is 18.2. The van der Waals surface area contributed by atoms with Crippen LogP contribution in [-0.2, 0) is 4.79 Å². The summed E-state index contributed by atoms with van der Waals surface area (Å²) in [5.41, 5.74) is 4.84. The molecular weight excluding hydrogens is 320 g/mol. The van der Waals surface area contributed by atoms with Gasteiger partial charge in [-0.05, 0) is 37.6 Å². The summed E-state index contributed by atoms with van der Waals surface area (Å²) in [5, 5.41) is 4.11. The number of ether oxygens (including phenoxy) is 3. The first-order valence-electron chi connectivity index (χ1n) is 7.79. The van der Waals surface area contributed by atoms with Gasteiger partial charge >= 0.3 is 0 Å². The number of amides is 1. The summed E-state index contributed by atoms with van der Waals surface area (Å²) in [7, 11) is 3.16. The molecule has 0 aliphatic rings. The largest absolute Gasteiger partial charge is 0.497 e. The molecule has 0 unspecified atom stereocenters. The average molecular weight is 342 g/mol. The van der Waals surface area contributed by atoms with Gasteiger partial charge in [-0.3, -0.25) is 4.79 Å². The average Bonchev–Trinajstić information content (AvgIpc) is 2.64. The van der Waals surface area contributed by atoms with Crippen molar-refractivity contribution in [2.24, 2.45) is 5.10 Å². The van der Waals surface area contributed by atoms with Gasteiger partial charge in [0, 0.05) is 11.6 Å². The van der Waals surface area contributed by atoms with Crippen LogP contribution in [-0.4, -0.2) is 32.4 Å². The summed E-state index contributed by atoms with van der Waals surface area (Å²) < 4.78 is 16.0. The summed E-state index contributed by atoms with van der Waals surface area (Å²) in [6.45, 7) is 3.60. The summed E-state index contributed by atoms with van der Waals surface area (Å²) in [5.74, 6) is 1.64. The Morgan fingerprint density at radius 3 is 2.52 bits per heavy atom. The highest BCUT2D eigenvalue weighted by Crippen LogP contribution is 2.25. The molecule has 0 atom stereocenters. The van der Waals surface area contributed by atoms with Gasteiger partial charge in [-0.15, -0.1) is 0 Å². The number of aryl methyl sites for hydroxylation is 1. The number of hydrogen-bond donors (Lipinski definition) is 1. The molecule has 6 heteroatoms. The monoisotopic (exact) mass is 342 g/mol. The van der Waals surface area contributed by atoms with Crippen LogP contribution >= 0.6 is 0 Å². The van der Waals surface area contributed by atoms with Crippen molar-refractivity contribution in [1.29, 1.82) is 0 Å². The van der Waals surface area contributed by atoms with Crippen LogP contribution in [0.4, 0.5) is 0 Å². The van der Waals surface area contributed by atoms with Gasteiger partial charge in [0.05, 0.1) is 19.9 Å². The van der Waals surface area contributed by atoms with E-state index in [0.717, 1.165) is 11.1 Å². The first kappa shape index (κ1) is 18.3. The second-order valence-corrected chi connectivity index (χ2v) is 5.35. The predicted octanol–water partition coefficient (Wildman–Crippen LogP) is 2.93. The molecule has 0 saturated heterocycles. The molecule has 0 spiro atoms. The molecule has 1 N–H and O–H groups in total. The molecule has 0 aliphatic carbocycles. The second kappa shape index (κ2) is 8.73. The zero-order valence-electron chi connectivity index (χ0n) is 14.8. The van der Waals surface area contributed by atoms with Crippen LogP contribution in [0.25, 0.3) is 0 Å². The molecule has 1 amide bonds. The number of hydrazone groups is 1. The normalized spacial score (nSPS) is 11.0. The Hall–Kier alpha value is -3.02. The van der Waals surface area contributed by atoms with Crippen molar-refractivity contribution in [1.82, 2.24) is 5.43 Å². The summed E-state index contributed by atoms with van der Waals surface area (Å²) in [6, 6.07) is 12.9. The van der Waals surface area contributed by atoms with E-state index in [0.29, 0.717) is 23.0 Å². The minimum absolute atomic E-state index is 0.110. The van der Waals surface area contributed by atoms with Gasteiger partial charge in [0.1, 0.15) is 17.2 Å². The quantitative estimate of drug-likeness (QED) is 0.620. The van der Waals surface area contributed by atoms with Crippen molar-refractivity contribution in [3.8, 4) is 17.2 Å². The van der Waals surface area contributed by atoms with E-state index in [1.807, 2.05) is 37.3 Å². The van der Waals surface area contributed by atoms with E-state index in [1.165, 1.54) is 0 Å². The molecule has 25 heavy (non-hydrogen) atoms. The minimum Gasteiger partial charge on any atom is -0.497 e. The molecule has 0 bridgehead atoms. The van der Waals surface area contributed by atoms with Gasteiger partial charge in [-0.2, -0.15) is 5.10 Å². The smallest absolute Gasteiger partial charge is 0.277 e. The van der Waals surface area contributed by atoms with E-state index >= 15 is 0 Å². The molecule has 0 aromatic heterocycles. The van der Waals surface area contributed by atoms with Crippen molar-refractivity contribution >= 4 is 11.6 Å². The van der Waals surface area contributed by atoms with Gasteiger partial charge in [0.25, 0.3) is 5.91 Å². The molecule has 0 fully saturated rings. The number of carbonyl (C=O) groups is 1. The Bertz CT molecular complexity index is 772. The summed E-state index contributed by atoms with van der Waals surface area (Å²) >= 11 is 0. The highest BCUT2D eigenvalue weighted by atomic mass is 16.5. The van der Waals surface area contributed by atoms with Gasteiger partial charge in [0.15, 0.2) is 6.61 Å². The van der Waals surface area contributed by atoms with Crippen molar-refractivity contribution in [3.05, 3.63) is 53.6 Å². The second-order valence-electron chi connectivity index (χ2n) is 5.35. The van der Waals surface area contributed by atoms with Crippen LogP contribution < -0.4 is 19.6 Å². The molecular formula is C19H22N2O4. The lowest BCUT2D eigenvalue weighted by atomic mass is 10.1. The van der Waals surface area contributed by atoms with E-state index in [-0.39, 0.29) is 12.5 Å². The molecule has 2 aromatic rings. The van der Waals surface area contributed by atoms with Crippen LogP contribution in [0.2, 0.25) is 0 Å². The number of nitrogens with one attached hydrogen (secondary N) is 1. The van der Waals surface area contributed by atoms with Crippen molar-refractivity contribution < 1.29 is 19.0 Å². The van der Waals surface area contributed by atoms with E-state index in [2.05, 4.69) is 10.5 Å². The Kier molecular flexibility index (Phi) is 6.39. The van der Waals surface area contributed by atoms with Crippen LogP contribution in [0.15, 0.2) is 47.6 Å². The van der Waals surface area contributed by atoms with Crippen molar-refractivity contribution in [2.45, 2.75) is 13.8 Å². The van der Waals surface area contributed by atoms with Gasteiger partial charge in [-0.1, -0.05) is 18.2 Å². The lowest BCUT2D eigenvalue weighted by Gasteiger charge is -2.11. The highest BCUT2D eigenvalue weighted by Gasteiger charge is 2.09. The number of carbonyl (C=O) groups excluding carboxylic acids is 1. The first-order chi connectivity index (χ1) is 12.0. The standard InChI is InChI=1S/C19H22N2O4/c1-13-7-5-6-8-17(13)25-12-19(22)21-20-14(2)16-10-9-15(23-3)11-18(16)24-4/h5-11H,12H2,1-4H3,(H,21,22)/b20-14-. The first-order valence-corrected chi connectivity index (χ1v) is 7.79. The third-order valence-electron chi connectivity index (χ3n) is 3.60. The molecule has 0 radical (unpaired) electrons. The fraction of sp³-hybridized carbons (Fsp3) is 0.263. The maximum Gasteiger partial charge on any atom is 0.277 e. The van der Waals surface area contributed by atoms with Crippen LogP contribution in [0.1, 0.15) is 18.1 Å². The van der Waals surface area contributed by atoms with E-state index in [9.17, 15) is 4.79 Å². The number of para-hydroxylation sites is 1. The van der Waals surface area contributed by atoms with E-state index in [1.54, 1.807) is 33.3 Å². The molecule has 132 valence electrons.